The van der Waals surface area contributed by atoms with Crippen molar-refractivity contribution < 1.29 is 18.7 Å². The quantitative estimate of drug-likeness (QED) is 0.857. The van der Waals surface area contributed by atoms with Gasteiger partial charge in [0.15, 0.2) is 11.3 Å². The number of fused-ring (bicyclic) bond motifs is 1. The molecular formula is C22H27N3O4. The number of carbonyl (C=O) groups is 2. The maximum Gasteiger partial charge on any atom is 0.287 e. The van der Waals surface area contributed by atoms with Crippen LogP contribution in [0.1, 0.15) is 42.7 Å². The van der Waals surface area contributed by atoms with Crippen molar-refractivity contribution in [3.8, 4) is 0 Å². The second-order valence-corrected chi connectivity index (χ2v) is 8.71. The molecule has 1 saturated carbocycles. The molecule has 1 atom stereocenters. The number of aromatic nitrogens is 1. The zero-order valence-electron chi connectivity index (χ0n) is 16.6. The lowest BCUT2D eigenvalue weighted by Gasteiger charge is -2.36. The number of pyridine rings is 1. The Balaban J connectivity index is 1.11. The summed E-state index contributed by atoms with van der Waals surface area (Å²) in [5, 5.41) is 3.92. The number of nitrogens with zero attached hydrogens (tertiary/aromatic N) is 2. The highest BCUT2D eigenvalue weighted by molar-refractivity contribution is 5.95. The van der Waals surface area contributed by atoms with Crippen molar-refractivity contribution >= 4 is 22.8 Å². The average molecular weight is 397 g/mol. The van der Waals surface area contributed by atoms with Crippen LogP contribution in [-0.4, -0.2) is 54.5 Å². The minimum atomic E-state index is -0.171. The number of furan rings is 1. The summed E-state index contributed by atoms with van der Waals surface area (Å²) in [6.07, 6.45) is 8.23. The third-order valence-corrected chi connectivity index (χ3v) is 7.06. The average Bonchev–Trinajstić information content (AvgIpc) is 3.24. The molecule has 1 spiro atoms. The minimum Gasteiger partial charge on any atom is -0.449 e. The molecule has 0 radical (unpaired) electrons. The molecule has 2 saturated heterocycles. The topological polar surface area (TPSA) is 84.7 Å². The Kier molecular flexibility index (Phi) is 4.78. The number of hydrogen-bond donors (Lipinski definition) is 1. The zero-order valence-corrected chi connectivity index (χ0v) is 16.6. The van der Waals surface area contributed by atoms with Crippen molar-refractivity contribution in [3.05, 3.63) is 30.3 Å². The Morgan fingerprint density at radius 1 is 1.24 bits per heavy atom. The predicted octanol–water partition coefficient (Wildman–Crippen LogP) is 2.61. The molecule has 3 aliphatic rings. The number of ether oxygens (including phenoxy) is 1. The molecule has 5 rings (SSSR count). The van der Waals surface area contributed by atoms with Gasteiger partial charge in [-0.25, -0.2) is 0 Å². The van der Waals surface area contributed by atoms with Gasteiger partial charge >= 0.3 is 0 Å². The first-order chi connectivity index (χ1) is 14.1. The van der Waals surface area contributed by atoms with Gasteiger partial charge in [0.05, 0.1) is 6.20 Å². The molecule has 1 unspecified atom stereocenters. The predicted molar refractivity (Wildman–Crippen MR) is 106 cm³/mol. The molecular weight excluding hydrogens is 370 g/mol. The van der Waals surface area contributed by atoms with Gasteiger partial charge in [0, 0.05) is 50.3 Å². The summed E-state index contributed by atoms with van der Waals surface area (Å²) in [6, 6.07) is 3.59. The van der Waals surface area contributed by atoms with Gasteiger partial charge in [-0.05, 0) is 55.6 Å². The first-order valence-corrected chi connectivity index (χ1v) is 10.6. The van der Waals surface area contributed by atoms with Crippen LogP contribution in [-0.2, 0) is 9.53 Å². The van der Waals surface area contributed by atoms with E-state index in [9.17, 15) is 9.59 Å². The van der Waals surface area contributed by atoms with Crippen molar-refractivity contribution in [2.75, 3.05) is 32.8 Å². The van der Waals surface area contributed by atoms with E-state index in [2.05, 4.69) is 15.2 Å². The highest BCUT2D eigenvalue weighted by Gasteiger charge is 2.55. The lowest BCUT2D eigenvalue weighted by molar-refractivity contribution is -0.140. The standard InChI is InChI=1S/C22H27N3O4/c26-20(18-11-16-1-6-23-14-19(16)29-18)24-13-17-12-22(17)4-7-25(8-5-22)21(27)15-2-9-28-10-3-15/h1,6,11,14-15,17H,2-5,7-10,12-13H2,(H,24,26). The highest BCUT2D eigenvalue weighted by Crippen LogP contribution is 2.59. The van der Waals surface area contributed by atoms with E-state index in [1.165, 1.54) is 0 Å². The Morgan fingerprint density at radius 3 is 2.79 bits per heavy atom. The summed E-state index contributed by atoms with van der Waals surface area (Å²) >= 11 is 0. The van der Waals surface area contributed by atoms with Crippen molar-refractivity contribution in [3.63, 3.8) is 0 Å². The van der Waals surface area contributed by atoms with Crippen LogP contribution in [0.3, 0.4) is 0 Å². The van der Waals surface area contributed by atoms with Gasteiger partial charge in [-0.1, -0.05) is 0 Å². The van der Waals surface area contributed by atoms with Gasteiger partial charge in [-0.2, -0.15) is 0 Å². The van der Waals surface area contributed by atoms with E-state index >= 15 is 0 Å². The highest BCUT2D eigenvalue weighted by atomic mass is 16.5. The van der Waals surface area contributed by atoms with Gasteiger partial charge in [-0.15, -0.1) is 0 Å². The molecule has 2 aromatic heterocycles. The van der Waals surface area contributed by atoms with Crippen LogP contribution in [0.5, 0.6) is 0 Å². The van der Waals surface area contributed by atoms with E-state index < -0.39 is 0 Å². The molecule has 2 amide bonds. The fourth-order valence-corrected chi connectivity index (χ4v) is 5.01. The van der Waals surface area contributed by atoms with Crippen molar-refractivity contribution in [1.82, 2.24) is 15.2 Å². The van der Waals surface area contributed by atoms with Gasteiger partial charge in [0.2, 0.25) is 5.91 Å². The van der Waals surface area contributed by atoms with Gasteiger partial charge < -0.3 is 19.4 Å². The van der Waals surface area contributed by atoms with Crippen molar-refractivity contribution in [2.24, 2.45) is 17.3 Å². The third kappa shape index (κ3) is 3.64. The van der Waals surface area contributed by atoms with Gasteiger partial charge in [0.25, 0.3) is 5.91 Å². The molecule has 7 heteroatoms. The second kappa shape index (κ2) is 7.44. The molecule has 3 fully saturated rings. The lowest BCUT2D eigenvalue weighted by Crippen LogP contribution is -2.44. The molecule has 2 aliphatic heterocycles. The first kappa shape index (κ1) is 18.6. The maximum absolute atomic E-state index is 12.7. The summed E-state index contributed by atoms with van der Waals surface area (Å²) < 4.78 is 11.0. The molecule has 7 nitrogen and oxygen atoms in total. The van der Waals surface area contributed by atoms with E-state index in [1.807, 2.05) is 6.07 Å². The van der Waals surface area contributed by atoms with Crippen LogP contribution in [0.15, 0.2) is 28.9 Å². The van der Waals surface area contributed by atoms with Gasteiger partial charge in [0.1, 0.15) is 0 Å². The molecule has 0 aromatic carbocycles. The summed E-state index contributed by atoms with van der Waals surface area (Å²) in [7, 11) is 0. The van der Waals surface area contributed by atoms with E-state index in [0.29, 0.717) is 48.3 Å². The maximum atomic E-state index is 12.7. The number of nitrogens with one attached hydrogen (secondary N) is 1. The van der Waals surface area contributed by atoms with Crippen LogP contribution >= 0.6 is 0 Å². The largest absolute Gasteiger partial charge is 0.449 e. The number of carbonyl (C=O) groups excluding carboxylic acids is 2. The molecule has 4 heterocycles. The zero-order chi connectivity index (χ0) is 19.8. The Morgan fingerprint density at radius 2 is 2.03 bits per heavy atom. The van der Waals surface area contributed by atoms with Crippen LogP contribution in [0.25, 0.3) is 11.0 Å². The number of rotatable bonds is 4. The fourth-order valence-electron chi connectivity index (χ4n) is 5.01. The van der Waals surface area contributed by atoms with E-state index in [-0.39, 0.29) is 11.8 Å². The summed E-state index contributed by atoms with van der Waals surface area (Å²) in [6.45, 7) is 3.77. The van der Waals surface area contributed by atoms with Crippen molar-refractivity contribution in [2.45, 2.75) is 32.1 Å². The van der Waals surface area contributed by atoms with E-state index in [0.717, 1.165) is 50.6 Å². The SMILES string of the molecule is O=C(NCC1CC12CCN(C(=O)C1CCOCC1)CC2)c1cc2ccncc2o1. The van der Waals surface area contributed by atoms with Crippen LogP contribution in [0.2, 0.25) is 0 Å². The Labute approximate surface area is 169 Å². The minimum absolute atomic E-state index is 0.145. The molecule has 1 aliphatic carbocycles. The van der Waals surface area contributed by atoms with E-state index in [4.69, 9.17) is 9.15 Å². The third-order valence-electron chi connectivity index (χ3n) is 7.06. The van der Waals surface area contributed by atoms with Crippen LogP contribution in [0, 0.1) is 17.3 Å². The molecule has 2 aromatic rings. The lowest BCUT2D eigenvalue weighted by atomic mass is 9.89. The summed E-state index contributed by atoms with van der Waals surface area (Å²) in [5.41, 5.74) is 0.930. The first-order valence-electron chi connectivity index (χ1n) is 10.6. The molecule has 154 valence electrons. The summed E-state index contributed by atoms with van der Waals surface area (Å²) in [4.78, 5) is 31.2. The smallest absolute Gasteiger partial charge is 0.287 e. The van der Waals surface area contributed by atoms with Crippen molar-refractivity contribution in [1.29, 1.82) is 0 Å². The molecule has 0 bridgehead atoms. The number of amides is 2. The Hall–Kier alpha value is -2.41. The van der Waals surface area contributed by atoms with E-state index in [1.54, 1.807) is 18.5 Å². The molecule has 1 N–H and O–H groups in total. The number of hydrogen-bond acceptors (Lipinski definition) is 5. The molecule has 29 heavy (non-hydrogen) atoms. The monoisotopic (exact) mass is 397 g/mol. The summed E-state index contributed by atoms with van der Waals surface area (Å²) in [5.74, 6) is 1.12. The number of likely N-dealkylation sites (tertiary alicyclic amines) is 1. The Bertz CT molecular complexity index is 877. The van der Waals surface area contributed by atoms with Gasteiger partial charge in [-0.3, -0.25) is 14.6 Å². The second-order valence-electron chi connectivity index (χ2n) is 8.71. The van der Waals surface area contributed by atoms with Crippen LogP contribution in [0.4, 0.5) is 0 Å². The van der Waals surface area contributed by atoms with Crippen LogP contribution < -0.4 is 5.32 Å². The normalized spacial score (nSPS) is 24.0. The number of piperidine rings is 1. The fraction of sp³-hybridized carbons (Fsp3) is 0.591.